The summed E-state index contributed by atoms with van der Waals surface area (Å²) in [6.45, 7) is -1.04. The van der Waals surface area contributed by atoms with E-state index in [9.17, 15) is 23.1 Å². The molecule has 0 unspecified atom stereocenters. The highest BCUT2D eigenvalue weighted by Gasteiger charge is 2.55. The molecule has 2 rings (SSSR count). The summed E-state index contributed by atoms with van der Waals surface area (Å²) in [4.78, 5) is 15.7. The quantitative estimate of drug-likeness (QED) is 0.896. The molecule has 0 saturated carbocycles. The van der Waals surface area contributed by atoms with Gasteiger partial charge in [0.15, 0.2) is 0 Å². The van der Waals surface area contributed by atoms with Gasteiger partial charge in [0.1, 0.15) is 0 Å². The van der Waals surface area contributed by atoms with Crippen LogP contribution in [0.4, 0.5) is 13.2 Å². The van der Waals surface area contributed by atoms with Crippen molar-refractivity contribution in [2.75, 3.05) is 6.54 Å². The highest BCUT2D eigenvalue weighted by Crippen LogP contribution is 2.38. The van der Waals surface area contributed by atoms with Gasteiger partial charge >= 0.3 is 6.18 Å². The highest BCUT2D eigenvalue weighted by molar-refractivity contribution is 6.33. The molecule has 1 heterocycles. The van der Waals surface area contributed by atoms with Crippen molar-refractivity contribution in [2.24, 2.45) is 0 Å². The minimum absolute atomic E-state index is 0.000240. The van der Waals surface area contributed by atoms with Crippen LogP contribution in [0.3, 0.4) is 0 Å². The topological polar surface area (TPSA) is 62.2 Å². The summed E-state index contributed by atoms with van der Waals surface area (Å²) in [6.07, 6.45) is -2.48. The second-order valence-corrected chi connectivity index (χ2v) is 5.17. The molecule has 0 bridgehead atoms. The summed E-state index contributed by atoms with van der Waals surface area (Å²) in [5.41, 5.74) is -3.60. The van der Waals surface area contributed by atoms with E-state index in [1.165, 1.54) is 36.7 Å². The summed E-state index contributed by atoms with van der Waals surface area (Å²) in [5, 5.41) is 12.2. The number of alkyl halides is 3. The van der Waals surface area contributed by atoms with Gasteiger partial charge in [-0.15, -0.1) is 0 Å². The normalized spacial score (nSPS) is 14.1. The van der Waals surface area contributed by atoms with E-state index in [2.05, 4.69) is 10.3 Å². The zero-order valence-corrected chi connectivity index (χ0v) is 12.4. The Morgan fingerprint density at radius 2 is 1.87 bits per heavy atom. The van der Waals surface area contributed by atoms with Crippen LogP contribution >= 0.6 is 11.6 Å². The molecule has 0 radical (unpaired) electrons. The van der Waals surface area contributed by atoms with E-state index in [4.69, 9.17) is 11.6 Å². The number of pyridine rings is 1. The van der Waals surface area contributed by atoms with E-state index < -0.39 is 24.2 Å². The fourth-order valence-electron chi connectivity index (χ4n) is 1.94. The Kier molecular flexibility index (Phi) is 4.91. The highest BCUT2D eigenvalue weighted by atomic mass is 35.5. The molecule has 0 aliphatic carbocycles. The SMILES string of the molecule is O=C(NC[C@](O)(c1ccccc1)C(F)(F)F)c1ccncc1Cl. The average molecular weight is 345 g/mol. The zero-order chi connectivity index (χ0) is 17.1. The maximum Gasteiger partial charge on any atom is 0.423 e. The van der Waals surface area contributed by atoms with E-state index in [1.807, 2.05) is 0 Å². The van der Waals surface area contributed by atoms with Crippen molar-refractivity contribution in [3.8, 4) is 0 Å². The lowest BCUT2D eigenvalue weighted by Gasteiger charge is -2.31. The summed E-state index contributed by atoms with van der Waals surface area (Å²) in [5.74, 6) is -0.837. The molecule has 0 spiro atoms. The van der Waals surface area contributed by atoms with E-state index in [1.54, 1.807) is 0 Å². The molecule has 2 N–H and O–H groups in total. The molecule has 4 nitrogen and oxygen atoms in total. The van der Waals surface area contributed by atoms with Gasteiger partial charge in [0, 0.05) is 12.4 Å². The van der Waals surface area contributed by atoms with E-state index in [-0.39, 0.29) is 16.1 Å². The van der Waals surface area contributed by atoms with Crippen molar-refractivity contribution in [1.82, 2.24) is 10.3 Å². The van der Waals surface area contributed by atoms with Gasteiger partial charge < -0.3 is 10.4 Å². The number of carbonyl (C=O) groups excluding carboxylic acids is 1. The molecule has 2 aromatic rings. The molecule has 0 aliphatic heterocycles. The lowest BCUT2D eigenvalue weighted by Crippen LogP contribution is -2.51. The summed E-state index contributed by atoms with van der Waals surface area (Å²) in [7, 11) is 0. The Bertz CT molecular complexity index is 695. The fraction of sp³-hybridized carbons (Fsp3) is 0.200. The van der Waals surface area contributed by atoms with Gasteiger partial charge in [0.05, 0.1) is 17.1 Å². The number of nitrogens with one attached hydrogen (secondary N) is 1. The second kappa shape index (κ2) is 6.55. The Hall–Kier alpha value is -2.12. The number of nitrogens with zero attached hydrogens (tertiary/aromatic N) is 1. The van der Waals surface area contributed by atoms with Crippen molar-refractivity contribution in [1.29, 1.82) is 0 Å². The predicted molar refractivity (Wildman–Crippen MR) is 78.0 cm³/mol. The molecule has 8 heteroatoms. The first-order valence-corrected chi connectivity index (χ1v) is 6.86. The third kappa shape index (κ3) is 3.62. The Morgan fingerprint density at radius 1 is 1.22 bits per heavy atom. The first-order chi connectivity index (χ1) is 10.8. The smallest absolute Gasteiger partial charge is 0.375 e. The Labute approximate surface area is 134 Å². The van der Waals surface area contributed by atoms with E-state index in [0.29, 0.717) is 0 Å². The maximum atomic E-state index is 13.3. The molecule has 1 amide bonds. The minimum atomic E-state index is -4.97. The largest absolute Gasteiger partial charge is 0.423 e. The minimum Gasteiger partial charge on any atom is -0.375 e. The number of rotatable bonds is 4. The molecular weight excluding hydrogens is 333 g/mol. The predicted octanol–water partition coefficient (Wildman–Crippen LogP) is 2.91. The summed E-state index contributed by atoms with van der Waals surface area (Å²) >= 11 is 5.77. The number of aromatic nitrogens is 1. The molecule has 1 aromatic carbocycles. The number of amides is 1. The molecule has 1 aromatic heterocycles. The van der Waals surface area contributed by atoms with Crippen molar-refractivity contribution in [3.05, 3.63) is 64.9 Å². The molecule has 0 fully saturated rings. The van der Waals surface area contributed by atoms with E-state index >= 15 is 0 Å². The fourth-order valence-corrected chi connectivity index (χ4v) is 2.15. The van der Waals surface area contributed by atoms with Crippen molar-refractivity contribution < 1.29 is 23.1 Å². The van der Waals surface area contributed by atoms with Gasteiger partial charge in [0.25, 0.3) is 5.91 Å². The maximum absolute atomic E-state index is 13.3. The van der Waals surface area contributed by atoms with Crippen LogP contribution in [0.5, 0.6) is 0 Å². The molecule has 0 saturated heterocycles. The monoisotopic (exact) mass is 344 g/mol. The van der Waals surface area contributed by atoms with Crippen LogP contribution in [0.25, 0.3) is 0 Å². The van der Waals surface area contributed by atoms with Crippen molar-refractivity contribution >= 4 is 17.5 Å². The number of hydrogen-bond donors (Lipinski definition) is 2. The number of halogens is 4. The van der Waals surface area contributed by atoms with Gasteiger partial charge in [-0.05, 0) is 11.6 Å². The van der Waals surface area contributed by atoms with Crippen molar-refractivity contribution in [3.63, 3.8) is 0 Å². The van der Waals surface area contributed by atoms with Crippen LogP contribution < -0.4 is 5.32 Å². The van der Waals surface area contributed by atoms with Gasteiger partial charge in [-0.2, -0.15) is 13.2 Å². The van der Waals surface area contributed by atoms with Gasteiger partial charge in [-0.25, -0.2) is 0 Å². The first kappa shape index (κ1) is 17.2. The van der Waals surface area contributed by atoms with Crippen LogP contribution in [0, 0.1) is 0 Å². The number of benzene rings is 1. The molecule has 23 heavy (non-hydrogen) atoms. The summed E-state index contributed by atoms with van der Waals surface area (Å²) in [6, 6.07) is 7.81. The van der Waals surface area contributed by atoms with Gasteiger partial charge in [0.2, 0.25) is 5.60 Å². The number of carbonyl (C=O) groups is 1. The lowest BCUT2D eigenvalue weighted by molar-refractivity contribution is -0.263. The number of hydrogen-bond acceptors (Lipinski definition) is 3. The van der Waals surface area contributed by atoms with Crippen molar-refractivity contribution in [2.45, 2.75) is 11.8 Å². The first-order valence-electron chi connectivity index (χ1n) is 6.48. The van der Waals surface area contributed by atoms with Gasteiger partial charge in [-0.1, -0.05) is 41.9 Å². The van der Waals surface area contributed by atoms with E-state index in [0.717, 1.165) is 12.1 Å². The molecular formula is C15H12ClF3N2O2. The van der Waals surface area contributed by atoms with Crippen LogP contribution in [0.15, 0.2) is 48.8 Å². The van der Waals surface area contributed by atoms with Crippen LogP contribution in [-0.4, -0.2) is 28.7 Å². The average Bonchev–Trinajstić information content (AvgIpc) is 2.52. The summed E-state index contributed by atoms with van der Waals surface area (Å²) < 4.78 is 39.9. The third-order valence-electron chi connectivity index (χ3n) is 3.24. The second-order valence-electron chi connectivity index (χ2n) is 4.76. The molecule has 1 atom stereocenters. The lowest BCUT2D eigenvalue weighted by atomic mass is 9.93. The van der Waals surface area contributed by atoms with Crippen LogP contribution in [0.2, 0.25) is 5.02 Å². The zero-order valence-electron chi connectivity index (χ0n) is 11.6. The molecule has 122 valence electrons. The Morgan fingerprint density at radius 3 is 2.43 bits per heavy atom. The van der Waals surface area contributed by atoms with Crippen LogP contribution in [-0.2, 0) is 5.60 Å². The number of aliphatic hydroxyl groups is 1. The Balaban J connectivity index is 2.24. The van der Waals surface area contributed by atoms with Gasteiger partial charge in [-0.3, -0.25) is 9.78 Å². The standard InChI is InChI=1S/C15H12ClF3N2O2/c16-12-8-20-7-6-11(12)13(22)21-9-14(23,15(17,18)19)10-4-2-1-3-5-10/h1-8,23H,9H2,(H,21,22)/t14-/m0/s1. The third-order valence-corrected chi connectivity index (χ3v) is 3.54. The molecule has 0 aliphatic rings. The van der Waals surface area contributed by atoms with Crippen LogP contribution in [0.1, 0.15) is 15.9 Å².